The van der Waals surface area contributed by atoms with Crippen molar-refractivity contribution in [3.05, 3.63) is 23.8 Å². The van der Waals surface area contributed by atoms with Crippen molar-refractivity contribution in [1.82, 2.24) is 15.5 Å². The lowest BCUT2D eigenvalue weighted by atomic mass is 10.1. The Balaban J connectivity index is 1.55. The standard InChI is InChI=1S/C18H25N3O4/c1-11(2)21-10-14(9-17(21)22)20-18(23)19-12(3)13-4-5-15-16(8-13)25-7-6-24-15/h4-5,8,11-12,14H,6-7,9-10H2,1-3H3,(H2,19,20,23)/t12-,14+/m1/s1. The number of rotatable bonds is 4. The molecule has 0 bridgehead atoms. The van der Waals surface area contributed by atoms with Crippen molar-refractivity contribution < 1.29 is 19.1 Å². The molecule has 1 saturated heterocycles. The lowest BCUT2D eigenvalue weighted by molar-refractivity contribution is -0.129. The monoisotopic (exact) mass is 347 g/mol. The van der Waals surface area contributed by atoms with Gasteiger partial charge in [-0.1, -0.05) is 6.07 Å². The van der Waals surface area contributed by atoms with Crippen LogP contribution in [0.1, 0.15) is 38.8 Å². The molecule has 0 radical (unpaired) electrons. The fourth-order valence-corrected chi connectivity index (χ4v) is 3.16. The largest absolute Gasteiger partial charge is 0.486 e. The molecule has 2 aliphatic rings. The van der Waals surface area contributed by atoms with Crippen molar-refractivity contribution in [2.24, 2.45) is 0 Å². The molecule has 25 heavy (non-hydrogen) atoms. The van der Waals surface area contributed by atoms with Crippen molar-refractivity contribution in [2.75, 3.05) is 19.8 Å². The van der Waals surface area contributed by atoms with Crippen LogP contribution in [0.25, 0.3) is 0 Å². The number of fused-ring (bicyclic) bond motifs is 1. The minimum atomic E-state index is -0.272. The zero-order chi connectivity index (χ0) is 18.0. The van der Waals surface area contributed by atoms with Crippen LogP contribution in [0, 0.1) is 0 Å². The summed E-state index contributed by atoms with van der Waals surface area (Å²) >= 11 is 0. The topological polar surface area (TPSA) is 79.9 Å². The normalized spacial score (nSPS) is 20.6. The van der Waals surface area contributed by atoms with Gasteiger partial charge in [0.1, 0.15) is 13.2 Å². The van der Waals surface area contributed by atoms with Gasteiger partial charge in [-0.2, -0.15) is 0 Å². The Labute approximate surface area is 147 Å². The number of ether oxygens (including phenoxy) is 2. The van der Waals surface area contributed by atoms with Crippen LogP contribution in [0.15, 0.2) is 18.2 Å². The molecule has 7 heteroatoms. The van der Waals surface area contributed by atoms with Crippen molar-refractivity contribution >= 4 is 11.9 Å². The second-order valence-electron chi connectivity index (χ2n) is 6.78. The van der Waals surface area contributed by atoms with Crippen molar-refractivity contribution in [3.63, 3.8) is 0 Å². The number of benzene rings is 1. The number of carbonyl (C=O) groups excluding carboxylic acids is 2. The Kier molecular flexibility index (Phi) is 5.01. The van der Waals surface area contributed by atoms with Gasteiger partial charge in [-0.15, -0.1) is 0 Å². The Morgan fingerprint density at radius 3 is 2.60 bits per heavy atom. The zero-order valence-corrected chi connectivity index (χ0v) is 14.9. The maximum absolute atomic E-state index is 12.2. The van der Waals surface area contributed by atoms with Gasteiger partial charge < -0.3 is 25.0 Å². The third-order valence-electron chi connectivity index (χ3n) is 4.53. The molecule has 0 aromatic heterocycles. The van der Waals surface area contributed by atoms with E-state index in [1.54, 1.807) is 4.90 Å². The third-order valence-corrected chi connectivity index (χ3v) is 4.53. The maximum atomic E-state index is 12.2. The number of amides is 3. The highest BCUT2D eigenvalue weighted by molar-refractivity contribution is 5.82. The average molecular weight is 347 g/mol. The zero-order valence-electron chi connectivity index (χ0n) is 14.9. The molecule has 2 atom stereocenters. The molecule has 2 heterocycles. The first-order valence-corrected chi connectivity index (χ1v) is 8.70. The molecule has 0 spiro atoms. The molecular weight excluding hydrogens is 322 g/mol. The van der Waals surface area contributed by atoms with Crippen molar-refractivity contribution in [3.8, 4) is 11.5 Å². The van der Waals surface area contributed by atoms with Crippen molar-refractivity contribution in [2.45, 2.75) is 45.3 Å². The number of urea groups is 1. The van der Waals surface area contributed by atoms with E-state index in [9.17, 15) is 9.59 Å². The van der Waals surface area contributed by atoms with E-state index < -0.39 is 0 Å². The van der Waals surface area contributed by atoms with E-state index in [4.69, 9.17) is 9.47 Å². The summed E-state index contributed by atoms with van der Waals surface area (Å²) in [6.45, 7) is 7.50. The van der Waals surface area contributed by atoms with E-state index in [2.05, 4.69) is 10.6 Å². The van der Waals surface area contributed by atoms with E-state index in [0.717, 1.165) is 11.3 Å². The highest BCUT2D eigenvalue weighted by atomic mass is 16.6. The first-order chi connectivity index (χ1) is 11.9. The van der Waals surface area contributed by atoms with Crippen LogP contribution in [0.2, 0.25) is 0 Å². The number of hydrogen-bond donors (Lipinski definition) is 2. The second kappa shape index (κ2) is 7.21. The summed E-state index contributed by atoms with van der Waals surface area (Å²) in [7, 11) is 0. The molecule has 7 nitrogen and oxygen atoms in total. The summed E-state index contributed by atoms with van der Waals surface area (Å²) in [6, 6.07) is 5.20. The molecule has 2 aliphatic heterocycles. The van der Waals surface area contributed by atoms with Crippen LogP contribution in [0.3, 0.4) is 0 Å². The summed E-state index contributed by atoms with van der Waals surface area (Å²) in [4.78, 5) is 25.9. The van der Waals surface area contributed by atoms with E-state index in [0.29, 0.717) is 31.9 Å². The SMILES string of the molecule is CC(C)N1C[C@@H](NC(=O)N[C@H](C)c2ccc3c(c2)OCCO3)CC1=O. The molecule has 136 valence electrons. The minimum absolute atomic E-state index is 0.0835. The fraction of sp³-hybridized carbons (Fsp3) is 0.556. The predicted molar refractivity (Wildman–Crippen MR) is 92.8 cm³/mol. The number of nitrogens with zero attached hydrogens (tertiary/aromatic N) is 1. The molecule has 1 fully saturated rings. The molecule has 0 aliphatic carbocycles. The molecule has 0 saturated carbocycles. The van der Waals surface area contributed by atoms with E-state index >= 15 is 0 Å². The first-order valence-electron chi connectivity index (χ1n) is 8.70. The smallest absolute Gasteiger partial charge is 0.315 e. The fourth-order valence-electron chi connectivity index (χ4n) is 3.16. The Morgan fingerprint density at radius 2 is 1.92 bits per heavy atom. The highest BCUT2D eigenvalue weighted by Crippen LogP contribution is 2.32. The van der Waals surface area contributed by atoms with Gasteiger partial charge in [0.25, 0.3) is 0 Å². The summed E-state index contributed by atoms with van der Waals surface area (Å²) in [5.74, 6) is 1.51. The van der Waals surface area contributed by atoms with Crippen LogP contribution in [-0.4, -0.2) is 48.7 Å². The second-order valence-corrected chi connectivity index (χ2v) is 6.78. The predicted octanol–water partition coefficient (Wildman–Crippen LogP) is 1.83. The Hall–Kier alpha value is -2.44. The Morgan fingerprint density at radius 1 is 1.20 bits per heavy atom. The highest BCUT2D eigenvalue weighted by Gasteiger charge is 2.32. The third kappa shape index (κ3) is 3.97. The first kappa shape index (κ1) is 17.4. The van der Waals surface area contributed by atoms with Gasteiger partial charge in [-0.3, -0.25) is 4.79 Å². The number of hydrogen-bond acceptors (Lipinski definition) is 4. The summed E-state index contributed by atoms with van der Waals surface area (Å²) in [5, 5.41) is 5.80. The minimum Gasteiger partial charge on any atom is -0.486 e. The van der Waals surface area contributed by atoms with Gasteiger partial charge in [0, 0.05) is 19.0 Å². The lowest BCUT2D eigenvalue weighted by Crippen LogP contribution is -2.44. The molecular formula is C18H25N3O4. The van der Waals surface area contributed by atoms with E-state index in [1.165, 1.54) is 0 Å². The molecule has 2 N–H and O–H groups in total. The van der Waals surface area contributed by atoms with Crippen LogP contribution in [0.4, 0.5) is 4.79 Å². The average Bonchev–Trinajstić information content (AvgIpc) is 2.94. The summed E-state index contributed by atoms with van der Waals surface area (Å²) in [5.41, 5.74) is 0.936. The Bertz CT molecular complexity index is 662. The molecule has 1 aromatic carbocycles. The number of likely N-dealkylation sites (tertiary alicyclic amines) is 1. The molecule has 1 aromatic rings. The van der Waals surface area contributed by atoms with Crippen LogP contribution in [-0.2, 0) is 4.79 Å². The van der Waals surface area contributed by atoms with Gasteiger partial charge >= 0.3 is 6.03 Å². The number of nitrogens with one attached hydrogen (secondary N) is 2. The van der Waals surface area contributed by atoms with Crippen LogP contribution >= 0.6 is 0 Å². The summed E-state index contributed by atoms with van der Waals surface area (Å²) in [6.07, 6.45) is 0.351. The van der Waals surface area contributed by atoms with Gasteiger partial charge in [0.2, 0.25) is 5.91 Å². The van der Waals surface area contributed by atoms with Gasteiger partial charge in [-0.05, 0) is 38.5 Å². The lowest BCUT2D eigenvalue weighted by Gasteiger charge is -2.22. The van der Waals surface area contributed by atoms with Gasteiger partial charge in [-0.25, -0.2) is 4.79 Å². The molecule has 3 rings (SSSR count). The summed E-state index contributed by atoms with van der Waals surface area (Å²) < 4.78 is 11.1. The van der Waals surface area contributed by atoms with Crippen LogP contribution < -0.4 is 20.1 Å². The van der Waals surface area contributed by atoms with Gasteiger partial charge in [0.15, 0.2) is 11.5 Å². The molecule has 3 amide bonds. The van der Waals surface area contributed by atoms with Crippen LogP contribution in [0.5, 0.6) is 11.5 Å². The maximum Gasteiger partial charge on any atom is 0.315 e. The quantitative estimate of drug-likeness (QED) is 0.871. The van der Waals surface area contributed by atoms with E-state index in [-0.39, 0.29) is 30.1 Å². The number of carbonyl (C=O) groups is 2. The molecule has 0 unspecified atom stereocenters. The van der Waals surface area contributed by atoms with E-state index in [1.807, 2.05) is 39.0 Å². The van der Waals surface area contributed by atoms with Gasteiger partial charge in [0.05, 0.1) is 12.1 Å². The van der Waals surface area contributed by atoms with Crippen molar-refractivity contribution in [1.29, 1.82) is 0 Å².